The smallest absolute Gasteiger partial charge is 0.264 e. The molecule has 8 nitrogen and oxygen atoms in total. The van der Waals surface area contributed by atoms with Gasteiger partial charge in [-0.15, -0.1) is 0 Å². The van der Waals surface area contributed by atoms with Crippen molar-refractivity contribution in [2.45, 2.75) is 38.6 Å². The fourth-order valence-electron chi connectivity index (χ4n) is 4.64. The zero-order valence-electron chi connectivity index (χ0n) is 21.3. The summed E-state index contributed by atoms with van der Waals surface area (Å²) < 4.78 is 14.2. The molecule has 192 valence electrons. The summed E-state index contributed by atoms with van der Waals surface area (Å²) in [6.45, 7) is 3.20. The summed E-state index contributed by atoms with van der Waals surface area (Å²) >= 11 is 0. The lowest BCUT2D eigenvalue weighted by Gasteiger charge is -2.33. The first-order chi connectivity index (χ1) is 18.7. The quantitative estimate of drug-likeness (QED) is 0.202. The van der Waals surface area contributed by atoms with Crippen LogP contribution in [0.15, 0.2) is 84.8 Å². The number of hydrogen-bond donors (Lipinski definition) is 0. The summed E-state index contributed by atoms with van der Waals surface area (Å²) in [4.78, 5) is 23.4. The number of ether oxygens (including phenoxy) is 2. The van der Waals surface area contributed by atoms with Gasteiger partial charge in [-0.25, -0.2) is 4.98 Å². The first-order valence-electron chi connectivity index (χ1n) is 12.9. The lowest BCUT2D eigenvalue weighted by atomic mass is 10.0. The van der Waals surface area contributed by atoms with Gasteiger partial charge in [-0.1, -0.05) is 37.6 Å². The summed E-state index contributed by atoms with van der Waals surface area (Å²) in [5, 5.41) is 9.40. The highest BCUT2D eigenvalue weighted by Gasteiger charge is 2.27. The number of allylic oxidation sites excluding steroid dienone is 1. The first-order valence-corrected chi connectivity index (χ1v) is 12.9. The van der Waals surface area contributed by atoms with E-state index in [2.05, 4.69) is 20.6 Å². The second-order valence-corrected chi connectivity index (χ2v) is 9.17. The van der Waals surface area contributed by atoms with Crippen molar-refractivity contribution >= 4 is 16.9 Å². The summed E-state index contributed by atoms with van der Waals surface area (Å²) in [7, 11) is 0. The Balaban J connectivity index is 1.29. The number of para-hydroxylation sites is 1. The highest BCUT2D eigenvalue weighted by Crippen LogP contribution is 2.34. The molecule has 8 heteroatoms. The number of benzene rings is 2. The van der Waals surface area contributed by atoms with Gasteiger partial charge in [0.1, 0.15) is 40.7 Å². The third-order valence-corrected chi connectivity index (χ3v) is 6.62. The lowest BCUT2D eigenvalue weighted by molar-refractivity contribution is -0.127. The van der Waals surface area contributed by atoms with Crippen LogP contribution in [0.5, 0.6) is 23.1 Å². The van der Waals surface area contributed by atoms with E-state index < -0.39 is 0 Å². The molecule has 1 amide bonds. The van der Waals surface area contributed by atoms with E-state index in [-0.39, 0.29) is 17.5 Å². The second-order valence-electron chi connectivity index (χ2n) is 9.17. The lowest BCUT2D eigenvalue weighted by Crippen LogP contribution is -2.39. The number of fused-ring (bicyclic) bond motifs is 1. The van der Waals surface area contributed by atoms with Crippen LogP contribution in [0.2, 0.25) is 0 Å². The number of rotatable bonds is 8. The van der Waals surface area contributed by atoms with Crippen LogP contribution in [-0.2, 0) is 4.79 Å². The Morgan fingerprint density at radius 1 is 1.00 bits per heavy atom. The number of hydrogen-bond acceptors (Lipinski definition) is 6. The fourth-order valence-corrected chi connectivity index (χ4v) is 4.64. The molecule has 1 aliphatic heterocycles. The predicted octanol–water partition coefficient (Wildman–Crippen LogP) is 6.43. The molecule has 2 aromatic heterocycles. The number of aromatic nitrogens is 3. The van der Waals surface area contributed by atoms with Crippen LogP contribution >= 0.6 is 0 Å². The van der Waals surface area contributed by atoms with E-state index in [1.54, 1.807) is 11.0 Å². The van der Waals surface area contributed by atoms with E-state index in [0.717, 1.165) is 42.5 Å². The third-order valence-electron chi connectivity index (χ3n) is 6.62. The average molecular weight is 508 g/mol. The van der Waals surface area contributed by atoms with Gasteiger partial charge in [0.25, 0.3) is 5.91 Å². The van der Waals surface area contributed by atoms with Gasteiger partial charge in [-0.3, -0.25) is 4.79 Å². The zero-order chi connectivity index (χ0) is 26.3. The molecule has 0 bridgehead atoms. The molecule has 0 spiro atoms. The highest BCUT2D eigenvalue weighted by molar-refractivity contribution is 5.97. The molecule has 0 saturated carbocycles. The van der Waals surface area contributed by atoms with E-state index in [1.165, 1.54) is 6.33 Å². The molecule has 0 atom stereocenters. The van der Waals surface area contributed by atoms with Gasteiger partial charge in [0.15, 0.2) is 0 Å². The number of nitrogens with zero attached hydrogens (tertiary/aromatic N) is 5. The number of carbonyl (C=O) groups is 1. The SMILES string of the molecule is CCCC=C(C#N)C(=O)N1CCC(n2ccc3ncnc(Oc4ccc(Oc5ccccc5)cc4)c32)CC1. The maximum absolute atomic E-state index is 12.8. The van der Waals surface area contributed by atoms with Gasteiger partial charge in [-0.05, 0) is 61.7 Å². The van der Waals surface area contributed by atoms with E-state index in [4.69, 9.17) is 9.47 Å². The molecule has 0 radical (unpaired) electrons. The van der Waals surface area contributed by atoms with Gasteiger partial charge in [0.05, 0.1) is 5.52 Å². The highest BCUT2D eigenvalue weighted by atomic mass is 16.5. The van der Waals surface area contributed by atoms with Gasteiger partial charge in [0.2, 0.25) is 5.88 Å². The van der Waals surface area contributed by atoms with Crippen molar-refractivity contribution in [2.75, 3.05) is 13.1 Å². The number of carbonyl (C=O) groups excluding carboxylic acids is 1. The zero-order valence-corrected chi connectivity index (χ0v) is 21.3. The van der Waals surface area contributed by atoms with Gasteiger partial charge >= 0.3 is 0 Å². The minimum Gasteiger partial charge on any atom is -0.457 e. The van der Waals surface area contributed by atoms with Gasteiger partial charge in [-0.2, -0.15) is 10.2 Å². The number of likely N-dealkylation sites (tertiary alicyclic amines) is 1. The first kappa shape index (κ1) is 25.0. The van der Waals surface area contributed by atoms with Crippen LogP contribution < -0.4 is 9.47 Å². The van der Waals surface area contributed by atoms with Crippen LogP contribution in [0.4, 0.5) is 0 Å². The normalized spacial score (nSPS) is 14.3. The Bertz CT molecular complexity index is 1460. The molecule has 38 heavy (non-hydrogen) atoms. The van der Waals surface area contributed by atoms with E-state index in [0.29, 0.717) is 30.5 Å². The van der Waals surface area contributed by atoms with Crippen LogP contribution in [0.25, 0.3) is 11.0 Å². The Morgan fingerprint density at radius 2 is 1.68 bits per heavy atom. The molecule has 0 aliphatic carbocycles. The van der Waals surface area contributed by atoms with Crippen molar-refractivity contribution < 1.29 is 14.3 Å². The molecule has 4 aromatic rings. The number of nitriles is 1. The summed E-state index contributed by atoms with van der Waals surface area (Å²) in [5.41, 5.74) is 1.86. The van der Waals surface area contributed by atoms with Crippen molar-refractivity contribution in [1.82, 2.24) is 19.4 Å². The molecule has 1 fully saturated rings. The fraction of sp³-hybridized carbons (Fsp3) is 0.267. The van der Waals surface area contributed by atoms with Crippen molar-refractivity contribution in [3.63, 3.8) is 0 Å². The number of unbranched alkanes of at least 4 members (excludes halogenated alkanes) is 1. The molecule has 0 unspecified atom stereocenters. The molecular weight excluding hydrogens is 478 g/mol. The van der Waals surface area contributed by atoms with Crippen LogP contribution in [0, 0.1) is 11.3 Å². The molecule has 5 rings (SSSR count). The van der Waals surface area contributed by atoms with Crippen molar-refractivity contribution in [3.05, 3.63) is 84.8 Å². The number of amides is 1. The Kier molecular flexibility index (Phi) is 7.65. The van der Waals surface area contributed by atoms with Crippen LogP contribution in [-0.4, -0.2) is 38.4 Å². The minimum atomic E-state index is -0.177. The Labute approximate surface area is 221 Å². The average Bonchev–Trinajstić information content (AvgIpc) is 3.40. The molecule has 0 N–H and O–H groups in total. The third kappa shape index (κ3) is 5.52. The Hall–Kier alpha value is -4.64. The van der Waals surface area contributed by atoms with Gasteiger partial charge < -0.3 is 18.9 Å². The summed E-state index contributed by atoms with van der Waals surface area (Å²) in [6.07, 6.45) is 8.42. The van der Waals surface area contributed by atoms with E-state index in [1.807, 2.05) is 73.8 Å². The van der Waals surface area contributed by atoms with Crippen molar-refractivity contribution in [1.29, 1.82) is 5.26 Å². The maximum Gasteiger partial charge on any atom is 0.264 e. The number of piperidine rings is 1. The Morgan fingerprint density at radius 3 is 2.37 bits per heavy atom. The monoisotopic (exact) mass is 507 g/mol. The molecule has 2 aromatic carbocycles. The van der Waals surface area contributed by atoms with Crippen molar-refractivity contribution in [2.24, 2.45) is 0 Å². The molecule has 1 saturated heterocycles. The van der Waals surface area contributed by atoms with Crippen LogP contribution in [0.3, 0.4) is 0 Å². The second kappa shape index (κ2) is 11.6. The van der Waals surface area contributed by atoms with E-state index in [9.17, 15) is 10.1 Å². The van der Waals surface area contributed by atoms with Crippen molar-refractivity contribution in [3.8, 4) is 29.2 Å². The van der Waals surface area contributed by atoms with Crippen LogP contribution in [0.1, 0.15) is 38.6 Å². The van der Waals surface area contributed by atoms with Gasteiger partial charge in [0, 0.05) is 25.3 Å². The summed E-state index contributed by atoms with van der Waals surface area (Å²) in [6, 6.07) is 21.2. The van der Waals surface area contributed by atoms with E-state index >= 15 is 0 Å². The largest absolute Gasteiger partial charge is 0.457 e. The molecular formula is C30H29N5O3. The topological polar surface area (TPSA) is 93.3 Å². The molecule has 1 aliphatic rings. The minimum absolute atomic E-state index is 0.164. The molecule has 3 heterocycles. The standard InChI is InChI=1S/C30H29N5O3/c1-2-3-7-22(20-31)30(36)34-17-14-23(15-18-34)35-19-16-27-28(35)29(33-21-32-27)38-26-12-10-25(11-13-26)37-24-8-5-4-6-9-24/h4-13,16,19,21,23H,2-3,14-15,17-18H2,1H3. The predicted molar refractivity (Wildman–Crippen MR) is 144 cm³/mol. The summed E-state index contributed by atoms with van der Waals surface area (Å²) in [5.74, 6) is 2.42. The maximum atomic E-state index is 12.8.